The maximum atomic E-state index is 3.88. The minimum atomic E-state index is 0.469. The highest BCUT2D eigenvalue weighted by molar-refractivity contribution is 5.25. The molecule has 2 rings (SSSR count). The molecular weight excluding hydrogens is 242 g/mol. The van der Waals surface area contributed by atoms with Crippen molar-refractivity contribution in [3.05, 3.63) is 35.4 Å². The van der Waals surface area contributed by atoms with Crippen LogP contribution in [0.4, 0.5) is 0 Å². The molecule has 112 valence electrons. The maximum Gasteiger partial charge on any atom is 0.0294 e. The van der Waals surface area contributed by atoms with Gasteiger partial charge in [0.25, 0.3) is 0 Å². The SMILES string of the molecule is CCCc1ccc(C(C)NC2CCCCCC2C)cc1. The smallest absolute Gasteiger partial charge is 0.0294 e. The van der Waals surface area contributed by atoms with Gasteiger partial charge in [-0.05, 0) is 43.2 Å². The highest BCUT2D eigenvalue weighted by Crippen LogP contribution is 2.25. The largest absolute Gasteiger partial charge is 0.307 e. The van der Waals surface area contributed by atoms with Crippen LogP contribution in [0.1, 0.15) is 76.5 Å². The Morgan fingerprint density at radius 2 is 1.80 bits per heavy atom. The van der Waals surface area contributed by atoms with Gasteiger partial charge in [0.1, 0.15) is 0 Å². The lowest BCUT2D eigenvalue weighted by atomic mass is 9.95. The van der Waals surface area contributed by atoms with Crippen LogP contribution in [0.5, 0.6) is 0 Å². The van der Waals surface area contributed by atoms with Crippen molar-refractivity contribution >= 4 is 0 Å². The Balaban J connectivity index is 1.94. The number of benzene rings is 1. The first kappa shape index (κ1) is 15.6. The Bertz CT molecular complexity index is 381. The van der Waals surface area contributed by atoms with Crippen molar-refractivity contribution < 1.29 is 0 Å². The molecule has 0 aliphatic heterocycles. The van der Waals surface area contributed by atoms with Crippen LogP contribution in [-0.4, -0.2) is 6.04 Å². The summed E-state index contributed by atoms with van der Waals surface area (Å²) in [6.45, 7) is 6.97. The van der Waals surface area contributed by atoms with Gasteiger partial charge in [-0.1, -0.05) is 63.8 Å². The first-order chi connectivity index (χ1) is 9.70. The number of hydrogen-bond acceptors (Lipinski definition) is 1. The van der Waals surface area contributed by atoms with Crippen LogP contribution in [0.3, 0.4) is 0 Å². The van der Waals surface area contributed by atoms with Gasteiger partial charge in [-0.3, -0.25) is 0 Å². The van der Waals surface area contributed by atoms with Gasteiger partial charge in [-0.25, -0.2) is 0 Å². The van der Waals surface area contributed by atoms with Crippen molar-refractivity contribution in [1.29, 1.82) is 0 Å². The summed E-state index contributed by atoms with van der Waals surface area (Å²) in [6.07, 6.45) is 9.39. The third-order valence-electron chi connectivity index (χ3n) is 4.84. The van der Waals surface area contributed by atoms with E-state index in [0.29, 0.717) is 12.1 Å². The molecule has 3 unspecified atom stereocenters. The molecule has 1 saturated carbocycles. The molecule has 20 heavy (non-hydrogen) atoms. The number of hydrogen-bond donors (Lipinski definition) is 1. The molecule has 0 amide bonds. The Morgan fingerprint density at radius 1 is 1.10 bits per heavy atom. The molecule has 0 saturated heterocycles. The fraction of sp³-hybridized carbons (Fsp3) is 0.684. The second kappa shape index (κ2) is 7.83. The monoisotopic (exact) mass is 273 g/mol. The molecule has 1 aliphatic carbocycles. The maximum absolute atomic E-state index is 3.88. The summed E-state index contributed by atoms with van der Waals surface area (Å²) in [6, 6.07) is 10.4. The van der Waals surface area contributed by atoms with Gasteiger partial charge < -0.3 is 5.32 Å². The van der Waals surface area contributed by atoms with Crippen LogP contribution in [0.2, 0.25) is 0 Å². The van der Waals surface area contributed by atoms with Gasteiger partial charge in [0, 0.05) is 12.1 Å². The third-order valence-corrected chi connectivity index (χ3v) is 4.84. The van der Waals surface area contributed by atoms with Crippen molar-refractivity contribution in [3.8, 4) is 0 Å². The molecule has 3 atom stereocenters. The Kier molecular flexibility index (Phi) is 6.09. The lowest BCUT2D eigenvalue weighted by Crippen LogP contribution is -2.36. The molecule has 1 aromatic rings. The second-order valence-electron chi connectivity index (χ2n) is 6.60. The molecule has 0 radical (unpaired) electrons. The molecule has 0 aromatic heterocycles. The fourth-order valence-corrected chi connectivity index (χ4v) is 3.42. The van der Waals surface area contributed by atoms with Crippen LogP contribution < -0.4 is 5.32 Å². The first-order valence-corrected chi connectivity index (χ1v) is 8.55. The molecular formula is C19H31N. The van der Waals surface area contributed by atoms with Crippen LogP contribution >= 0.6 is 0 Å². The number of rotatable bonds is 5. The zero-order chi connectivity index (χ0) is 14.4. The van der Waals surface area contributed by atoms with Gasteiger partial charge in [-0.15, -0.1) is 0 Å². The van der Waals surface area contributed by atoms with E-state index in [2.05, 4.69) is 50.4 Å². The standard InChI is InChI=1S/C19H31N/c1-4-8-17-11-13-18(14-12-17)16(3)20-19-10-7-5-6-9-15(19)2/h11-16,19-20H,4-10H2,1-3H3. The molecule has 1 heteroatoms. The number of nitrogens with one attached hydrogen (secondary N) is 1. The van der Waals surface area contributed by atoms with Gasteiger partial charge in [0.05, 0.1) is 0 Å². The van der Waals surface area contributed by atoms with E-state index in [1.165, 1.54) is 56.1 Å². The summed E-state index contributed by atoms with van der Waals surface area (Å²) < 4.78 is 0. The molecule has 1 aromatic carbocycles. The van der Waals surface area contributed by atoms with Crippen molar-refractivity contribution in [3.63, 3.8) is 0 Å². The molecule has 1 N–H and O–H groups in total. The van der Waals surface area contributed by atoms with Crippen molar-refractivity contribution in [1.82, 2.24) is 5.32 Å². The average Bonchev–Trinajstić information content (AvgIpc) is 2.65. The average molecular weight is 273 g/mol. The lowest BCUT2D eigenvalue weighted by Gasteiger charge is -2.27. The van der Waals surface area contributed by atoms with Gasteiger partial charge in [-0.2, -0.15) is 0 Å². The number of aryl methyl sites for hydroxylation is 1. The summed E-state index contributed by atoms with van der Waals surface area (Å²) >= 11 is 0. The third kappa shape index (κ3) is 4.34. The zero-order valence-corrected chi connectivity index (χ0v) is 13.5. The highest BCUT2D eigenvalue weighted by Gasteiger charge is 2.21. The van der Waals surface area contributed by atoms with Crippen LogP contribution in [0.15, 0.2) is 24.3 Å². The normalized spacial score (nSPS) is 25.1. The van der Waals surface area contributed by atoms with Crippen molar-refractivity contribution in [2.45, 2.75) is 77.8 Å². The van der Waals surface area contributed by atoms with E-state index in [9.17, 15) is 0 Å². The lowest BCUT2D eigenvalue weighted by molar-refractivity contribution is 0.330. The fourth-order valence-electron chi connectivity index (χ4n) is 3.42. The van der Waals surface area contributed by atoms with Gasteiger partial charge >= 0.3 is 0 Å². The molecule has 1 fully saturated rings. The Morgan fingerprint density at radius 3 is 2.50 bits per heavy atom. The van der Waals surface area contributed by atoms with Crippen LogP contribution in [0, 0.1) is 5.92 Å². The van der Waals surface area contributed by atoms with Gasteiger partial charge in [0.15, 0.2) is 0 Å². The van der Waals surface area contributed by atoms with E-state index in [1.54, 1.807) is 0 Å². The minimum absolute atomic E-state index is 0.469. The van der Waals surface area contributed by atoms with Crippen molar-refractivity contribution in [2.24, 2.45) is 5.92 Å². The van der Waals surface area contributed by atoms with Gasteiger partial charge in [0.2, 0.25) is 0 Å². The quantitative estimate of drug-likeness (QED) is 0.722. The zero-order valence-electron chi connectivity index (χ0n) is 13.5. The van der Waals surface area contributed by atoms with E-state index < -0.39 is 0 Å². The summed E-state index contributed by atoms with van der Waals surface area (Å²) in [7, 11) is 0. The molecule has 0 bridgehead atoms. The molecule has 1 aliphatic rings. The predicted molar refractivity (Wildman–Crippen MR) is 88.0 cm³/mol. The van der Waals surface area contributed by atoms with E-state index in [0.717, 1.165) is 5.92 Å². The van der Waals surface area contributed by atoms with E-state index >= 15 is 0 Å². The first-order valence-electron chi connectivity index (χ1n) is 8.55. The summed E-state index contributed by atoms with van der Waals surface area (Å²) in [5.74, 6) is 0.819. The van der Waals surface area contributed by atoms with Crippen molar-refractivity contribution in [2.75, 3.05) is 0 Å². The van der Waals surface area contributed by atoms with E-state index in [1.807, 2.05) is 0 Å². The highest BCUT2D eigenvalue weighted by atomic mass is 14.9. The Labute approximate surface area is 125 Å². The molecule has 0 spiro atoms. The van der Waals surface area contributed by atoms with Crippen LogP contribution in [0.25, 0.3) is 0 Å². The summed E-state index contributed by atoms with van der Waals surface area (Å²) in [5, 5.41) is 3.88. The second-order valence-corrected chi connectivity index (χ2v) is 6.60. The predicted octanol–water partition coefficient (Wildman–Crippen LogP) is 5.26. The van der Waals surface area contributed by atoms with E-state index in [-0.39, 0.29) is 0 Å². The summed E-state index contributed by atoms with van der Waals surface area (Å²) in [5.41, 5.74) is 2.90. The molecule has 0 heterocycles. The summed E-state index contributed by atoms with van der Waals surface area (Å²) in [4.78, 5) is 0. The molecule has 1 nitrogen and oxygen atoms in total. The Hall–Kier alpha value is -0.820. The minimum Gasteiger partial charge on any atom is -0.307 e. The van der Waals surface area contributed by atoms with E-state index in [4.69, 9.17) is 0 Å². The topological polar surface area (TPSA) is 12.0 Å². The van der Waals surface area contributed by atoms with Crippen LogP contribution in [-0.2, 0) is 6.42 Å².